The summed E-state index contributed by atoms with van der Waals surface area (Å²) in [7, 11) is -7.97. The molecule has 246 valence electrons. The Kier molecular flexibility index (Phi) is 10.2. The lowest BCUT2D eigenvalue weighted by atomic mass is 9.92. The Labute approximate surface area is 269 Å². The van der Waals surface area contributed by atoms with Gasteiger partial charge in [-0.15, -0.1) is 0 Å². The summed E-state index contributed by atoms with van der Waals surface area (Å²) < 4.78 is 105. The van der Waals surface area contributed by atoms with Crippen LogP contribution in [0, 0.1) is 0 Å². The maximum absolute atomic E-state index is 15.3. The molecule has 0 radical (unpaired) electrons. The molecule has 0 amide bonds. The van der Waals surface area contributed by atoms with Crippen LogP contribution in [0.15, 0.2) is 121 Å². The van der Waals surface area contributed by atoms with Gasteiger partial charge in [0.05, 0.1) is 5.22 Å². The molecule has 4 rings (SSSR count). The summed E-state index contributed by atoms with van der Waals surface area (Å²) >= 11 is 0. The Bertz CT molecular complexity index is 1420. The molecule has 0 fully saturated rings. The average molecular weight is 675 g/mol. The highest BCUT2D eigenvalue weighted by molar-refractivity contribution is 7.07. The Balaban J connectivity index is 2.09. The van der Waals surface area contributed by atoms with Crippen LogP contribution in [-0.4, -0.2) is 34.2 Å². The van der Waals surface area contributed by atoms with Gasteiger partial charge in [0.2, 0.25) is 8.32 Å². The smallest absolute Gasteiger partial charge is 0.399 e. The molecule has 4 aromatic rings. The summed E-state index contributed by atoms with van der Waals surface area (Å²) in [4.78, 5) is 0. The standard InChI is InChI=1S/C36H40F6O2Si2/c1-27(2)46(28(3)4,44-34(35(37,38)39,36(40,41)42)29-19-11-7-12-20-29)33(5,6)43-45(30-21-13-8-14-22-30,31-23-15-9-16-24-31)32-25-17-10-18-26-32/h7-28H,1-6H3. The minimum Gasteiger partial charge on any atom is -0.399 e. The third-order valence-corrected chi connectivity index (χ3v) is 19.4. The van der Waals surface area contributed by atoms with E-state index < -0.39 is 56.5 Å². The second-order valence-corrected chi connectivity index (χ2v) is 21.2. The quantitative estimate of drug-likeness (QED) is 0.0900. The van der Waals surface area contributed by atoms with Crippen molar-refractivity contribution >= 4 is 32.2 Å². The van der Waals surface area contributed by atoms with Gasteiger partial charge in [-0.3, -0.25) is 0 Å². The molecule has 4 aromatic carbocycles. The van der Waals surface area contributed by atoms with Crippen LogP contribution in [0.2, 0.25) is 11.1 Å². The fourth-order valence-electron chi connectivity index (χ4n) is 7.16. The van der Waals surface area contributed by atoms with E-state index in [4.69, 9.17) is 8.85 Å². The second-order valence-electron chi connectivity index (χ2n) is 12.6. The zero-order chi connectivity index (χ0) is 34.0. The minimum absolute atomic E-state index is 0.732. The third-order valence-electron chi connectivity index (χ3n) is 8.91. The van der Waals surface area contributed by atoms with E-state index in [1.807, 2.05) is 91.0 Å². The SMILES string of the molecule is CC(C)[Si](OC(c1ccccc1)(C(F)(F)F)C(F)(F)F)(C(C)C)C(C)(C)O[Si](c1ccccc1)(c1ccccc1)c1ccccc1. The van der Waals surface area contributed by atoms with Gasteiger partial charge in [0.15, 0.2) is 0 Å². The van der Waals surface area contributed by atoms with Gasteiger partial charge in [0.25, 0.3) is 13.9 Å². The van der Waals surface area contributed by atoms with Gasteiger partial charge in [-0.05, 0) is 40.5 Å². The summed E-state index contributed by atoms with van der Waals surface area (Å²) in [6.07, 6.45) is -11.7. The molecule has 0 saturated carbocycles. The number of hydrogen-bond acceptors (Lipinski definition) is 2. The van der Waals surface area contributed by atoms with Crippen molar-refractivity contribution in [2.75, 3.05) is 0 Å². The van der Waals surface area contributed by atoms with Crippen molar-refractivity contribution in [3.63, 3.8) is 0 Å². The maximum atomic E-state index is 15.3. The lowest BCUT2D eigenvalue weighted by molar-refractivity contribution is -0.370. The largest absolute Gasteiger partial charge is 0.429 e. The predicted octanol–water partition coefficient (Wildman–Crippen LogP) is 8.79. The van der Waals surface area contributed by atoms with Crippen molar-refractivity contribution in [3.05, 3.63) is 127 Å². The number of alkyl halides is 6. The zero-order valence-electron chi connectivity index (χ0n) is 26.8. The van der Waals surface area contributed by atoms with Crippen molar-refractivity contribution < 1.29 is 35.2 Å². The van der Waals surface area contributed by atoms with Gasteiger partial charge in [-0.2, -0.15) is 26.3 Å². The highest BCUT2D eigenvalue weighted by Gasteiger charge is 2.77. The lowest BCUT2D eigenvalue weighted by Crippen LogP contribution is -2.77. The molecule has 46 heavy (non-hydrogen) atoms. The van der Waals surface area contributed by atoms with Crippen LogP contribution in [-0.2, 0) is 14.5 Å². The van der Waals surface area contributed by atoms with Gasteiger partial charge in [0.1, 0.15) is 0 Å². The van der Waals surface area contributed by atoms with Gasteiger partial charge < -0.3 is 8.85 Å². The fraction of sp³-hybridized carbons (Fsp3) is 0.333. The molecule has 0 aromatic heterocycles. The van der Waals surface area contributed by atoms with Crippen LogP contribution in [0.25, 0.3) is 0 Å². The van der Waals surface area contributed by atoms with E-state index in [2.05, 4.69) is 0 Å². The number of rotatable bonds is 11. The van der Waals surface area contributed by atoms with Crippen LogP contribution >= 0.6 is 0 Å². The van der Waals surface area contributed by atoms with E-state index in [0.717, 1.165) is 27.7 Å². The highest BCUT2D eigenvalue weighted by Crippen LogP contribution is 2.58. The highest BCUT2D eigenvalue weighted by atomic mass is 28.4. The fourth-order valence-corrected chi connectivity index (χ4v) is 18.1. The molecule has 2 nitrogen and oxygen atoms in total. The maximum Gasteiger partial charge on any atom is 0.429 e. The van der Waals surface area contributed by atoms with Gasteiger partial charge in [-0.25, -0.2) is 0 Å². The Morgan fingerprint density at radius 2 is 0.783 bits per heavy atom. The van der Waals surface area contributed by atoms with Crippen molar-refractivity contribution in [3.8, 4) is 0 Å². The first kappa shape index (κ1) is 35.7. The minimum atomic E-state index is -5.84. The monoisotopic (exact) mass is 674 g/mol. The number of halogens is 6. The molecular weight excluding hydrogens is 635 g/mol. The van der Waals surface area contributed by atoms with Crippen LogP contribution in [0.5, 0.6) is 0 Å². The summed E-state index contributed by atoms with van der Waals surface area (Å²) in [5.41, 5.74) is -7.06. The van der Waals surface area contributed by atoms with E-state index >= 15 is 26.3 Å². The first-order valence-electron chi connectivity index (χ1n) is 15.2. The third kappa shape index (κ3) is 6.00. The molecule has 0 unspecified atom stereocenters. The molecule has 0 N–H and O–H groups in total. The van der Waals surface area contributed by atoms with Crippen molar-refractivity contribution in [2.24, 2.45) is 0 Å². The molecule has 0 aliphatic carbocycles. The van der Waals surface area contributed by atoms with Gasteiger partial charge in [-0.1, -0.05) is 149 Å². The van der Waals surface area contributed by atoms with E-state index in [-0.39, 0.29) is 0 Å². The van der Waals surface area contributed by atoms with Crippen molar-refractivity contribution in [1.82, 2.24) is 0 Å². The van der Waals surface area contributed by atoms with E-state index in [9.17, 15) is 0 Å². The lowest BCUT2D eigenvalue weighted by Gasteiger charge is -2.56. The number of benzene rings is 4. The summed E-state index contributed by atoms with van der Waals surface area (Å²) in [6, 6.07) is 33.6. The molecule has 0 aliphatic rings. The van der Waals surface area contributed by atoms with Crippen LogP contribution in [0.3, 0.4) is 0 Å². The van der Waals surface area contributed by atoms with Crippen LogP contribution in [0.1, 0.15) is 47.1 Å². The Morgan fingerprint density at radius 3 is 1.07 bits per heavy atom. The van der Waals surface area contributed by atoms with Crippen LogP contribution < -0.4 is 15.6 Å². The van der Waals surface area contributed by atoms with Crippen molar-refractivity contribution in [1.29, 1.82) is 0 Å². The van der Waals surface area contributed by atoms with Crippen molar-refractivity contribution in [2.45, 2.75) is 75.8 Å². The first-order valence-corrected chi connectivity index (χ1v) is 19.2. The summed E-state index contributed by atoms with van der Waals surface area (Å²) in [5.74, 6) is 0. The number of hydrogen-bond donors (Lipinski definition) is 0. The molecule has 0 heterocycles. The predicted molar refractivity (Wildman–Crippen MR) is 176 cm³/mol. The molecule has 0 atom stereocenters. The normalized spacial score (nSPS) is 13.8. The zero-order valence-corrected chi connectivity index (χ0v) is 28.8. The Morgan fingerprint density at radius 1 is 0.478 bits per heavy atom. The van der Waals surface area contributed by atoms with E-state index in [1.54, 1.807) is 41.5 Å². The second kappa shape index (κ2) is 13.1. The Hall–Kier alpha value is -3.19. The van der Waals surface area contributed by atoms with E-state index in [1.165, 1.54) is 18.2 Å². The molecular formula is C36H40F6O2Si2. The molecule has 0 aliphatic heterocycles. The molecule has 10 heteroatoms. The summed E-state index contributed by atoms with van der Waals surface area (Å²) in [5, 5.41) is 0.810. The van der Waals surface area contributed by atoms with Gasteiger partial charge >= 0.3 is 12.4 Å². The van der Waals surface area contributed by atoms with Crippen LogP contribution in [0.4, 0.5) is 26.3 Å². The topological polar surface area (TPSA) is 18.5 Å². The first-order chi connectivity index (χ1) is 21.5. The molecule has 0 bridgehead atoms. The van der Waals surface area contributed by atoms with Gasteiger partial charge in [0, 0.05) is 5.56 Å². The van der Waals surface area contributed by atoms with E-state index in [0.29, 0.717) is 0 Å². The summed E-state index contributed by atoms with van der Waals surface area (Å²) in [6.45, 7) is 9.84. The molecule has 0 saturated heterocycles. The average Bonchev–Trinajstić information content (AvgIpc) is 3.00. The molecule has 0 spiro atoms.